The van der Waals surface area contributed by atoms with Crippen molar-refractivity contribution in [1.82, 2.24) is 4.98 Å². The van der Waals surface area contributed by atoms with Crippen LogP contribution in [0.3, 0.4) is 0 Å². The third-order valence-corrected chi connectivity index (χ3v) is 8.32. The molecular formula is C37H44N2O3. The van der Waals surface area contributed by atoms with Crippen LogP contribution in [0.15, 0.2) is 78.9 Å². The topological polar surface area (TPSA) is 71.5 Å². The largest absolute Gasteiger partial charge is 0.494 e. The number of hydrogen-bond donors (Lipinski definition) is 2. The van der Waals surface area contributed by atoms with Gasteiger partial charge in [0, 0.05) is 23.7 Å². The zero-order valence-electron chi connectivity index (χ0n) is 25.2. The Balaban J connectivity index is 1.30. The molecule has 5 heteroatoms. The Kier molecular flexibility index (Phi) is 11.2. The molecule has 4 rings (SSSR count). The Morgan fingerprint density at radius 1 is 0.905 bits per heavy atom. The van der Waals surface area contributed by atoms with E-state index >= 15 is 0 Å². The number of carboxylic acid groups (broad SMARTS) is 1. The molecule has 0 unspecified atom stereocenters. The highest BCUT2D eigenvalue weighted by Crippen LogP contribution is 2.31. The number of benzene rings is 3. The monoisotopic (exact) mass is 564 g/mol. The lowest BCUT2D eigenvalue weighted by molar-refractivity contribution is -0.149. The van der Waals surface area contributed by atoms with Gasteiger partial charge in [0.2, 0.25) is 0 Å². The van der Waals surface area contributed by atoms with Gasteiger partial charge in [-0.2, -0.15) is 0 Å². The van der Waals surface area contributed by atoms with Crippen LogP contribution in [-0.4, -0.2) is 29.2 Å². The van der Waals surface area contributed by atoms with Crippen LogP contribution in [0, 0.1) is 5.41 Å². The second-order valence-corrected chi connectivity index (χ2v) is 11.0. The molecule has 0 bridgehead atoms. The molecule has 0 aliphatic heterocycles. The summed E-state index contributed by atoms with van der Waals surface area (Å²) in [4.78, 5) is 16.6. The summed E-state index contributed by atoms with van der Waals surface area (Å²) in [5.74, 6) is 0.136. The molecule has 0 atom stereocenters. The number of unbranched alkanes of at least 4 members (excludes halogenated alkanes) is 1. The maximum atomic E-state index is 11.8. The third-order valence-electron chi connectivity index (χ3n) is 8.32. The van der Waals surface area contributed by atoms with Gasteiger partial charge in [-0.15, -0.1) is 0 Å². The first-order valence-electron chi connectivity index (χ1n) is 15.3. The van der Waals surface area contributed by atoms with E-state index in [-0.39, 0.29) is 0 Å². The van der Waals surface area contributed by atoms with Crippen LogP contribution in [-0.2, 0) is 17.6 Å². The molecule has 0 saturated carbocycles. The van der Waals surface area contributed by atoms with E-state index in [0.717, 1.165) is 59.3 Å². The summed E-state index contributed by atoms with van der Waals surface area (Å²) in [6, 6.07) is 27.3. The molecule has 42 heavy (non-hydrogen) atoms. The Bertz CT molecular complexity index is 1470. The van der Waals surface area contributed by atoms with E-state index in [1.165, 1.54) is 11.1 Å². The number of fused-ring (bicyclic) bond motifs is 1. The molecule has 1 aromatic heterocycles. The normalized spacial score (nSPS) is 11.7. The number of aromatic nitrogens is 1. The lowest BCUT2D eigenvalue weighted by atomic mass is 9.79. The minimum Gasteiger partial charge on any atom is -0.494 e. The average molecular weight is 565 g/mol. The molecule has 0 spiro atoms. The van der Waals surface area contributed by atoms with Gasteiger partial charge in [-0.05, 0) is 98.0 Å². The van der Waals surface area contributed by atoms with Crippen molar-refractivity contribution in [2.24, 2.45) is 5.41 Å². The molecule has 3 aromatic carbocycles. The van der Waals surface area contributed by atoms with Crippen LogP contribution in [0.2, 0.25) is 0 Å². The number of aryl methyl sites for hydroxylation is 2. The number of carboxylic acids is 1. The van der Waals surface area contributed by atoms with Crippen molar-refractivity contribution in [3.8, 4) is 5.75 Å². The van der Waals surface area contributed by atoms with Crippen molar-refractivity contribution in [2.75, 3.05) is 18.5 Å². The average Bonchev–Trinajstić information content (AvgIpc) is 3.02. The fourth-order valence-electron chi connectivity index (χ4n) is 5.25. The van der Waals surface area contributed by atoms with Crippen LogP contribution >= 0.6 is 0 Å². The summed E-state index contributed by atoms with van der Waals surface area (Å²) in [5.41, 5.74) is 5.92. The van der Waals surface area contributed by atoms with Crippen LogP contribution < -0.4 is 10.1 Å². The SMILES string of the molecule is CCc1ccc(CCCCOc2ccc3ccc(C=Cc4cccc(NCCC(CC)(CC)C(=O)O)c4)nc3c2)cc1. The predicted octanol–water partition coefficient (Wildman–Crippen LogP) is 9.06. The van der Waals surface area contributed by atoms with E-state index in [1.807, 2.05) is 50.3 Å². The number of rotatable bonds is 16. The van der Waals surface area contributed by atoms with Gasteiger partial charge in [0.25, 0.3) is 0 Å². The first-order valence-corrected chi connectivity index (χ1v) is 15.3. The molecule has 0 aliphatic carbocycles. The van der Waals surface area contributed by atoms with Crippen molar-refractivity contribution in [1.29, 1.82) is 0 Å². The van der Waals surface area contributed by atoms with Crippen LogP contribution in [0.25, 0.3) is 23.1 Å². The Morgan fingerprint density at radius 3 is 2.40 bits per heavy atom. The first kappa shape index (κ1) is 30.8. The fraction of sp³-hybridized carbons (Fsp3) is 0.351. The summed E-state index contributed by atoms with van der Waals surface area (Å²) < 4.78 is 6.05. The summed E-state index contributed by atoms with van der Waals surface area (Å²) in [7, 11) is 0. The highest BCUT2D eigenvalue weighted by molar-refractivity contribution is 5.82. The van der Waals surface area contributed by atoms with Crippen molar-refractivity contribution in [2.45, 2.75) is 65.7 Å². The molecule has 5 nitrogen and oxygen atoms in total. The quantitative estimate of drug-likeness (QED) is 0.133. The molecule has 0 saturated heterocycles. The van der Waals surface area contributed by atoms with Gasteiger partial charge in [0.1, 0.15) is 5.75 Å². The van der Waals surface area contributed by atoms with Crippen LogP contribution in [0.5, 0.6) is 5.75 Å². The van der Waals surface area contributed by atoms with E-state index < -0.39 is 11.4 Å². The Labute approximate surface area is 250 Å². The van der Waals surface area contributed by atoms with E-state index in [2.05, 4.69) is 66.8 Å². The van der Waals surface area contributed by atoms with Crippen molar-refractivity contribution >= 4 is 34.7 Å². The van der Waals surface area contributed by atoms with Crippen LogP contribution in [0.1, 0.15) is 75.3 Å². The van der Waals surface area contributed by atoms with E-state index in [0.29, 0.717) is 32.4 Å². The van der Waals surface area contributed by atoms with E-state index in [1.54, 1.807) is 0 Å². The summed E-state index contributed by atoms with van der Waals surface area (Å²) in [5, 5.41) is 14.2. The van der Waals surface area contributed by atoms with Gasteiger partial charge >= 0.3 is 5.97 Å². The summed E-state index contributed by atoms with van der Waals surface area (Å²) in [6.45, 7) is 7.39. The molecule has 1 heterocycles. The molecule has 0 fully saturated rings. The Morgan fingerprint density at radius 2 is 1.67 bits per heavy atom. The molecule has 2 N–H and O–H groups in total. The number of pyridine rings is 1. The minimum absolute atomic E-state index is 0.593. The molecule has 220 valence electrons. The number of nitrogens with one attached hydrogen (secondary N) is 1. The highest BCUT2D eigenvalue weighted by atomic mass is 16.5. The van der Waals surface area contributed by atoms with Crippen molar-refractivity contribution in [3.63, 3.8) is 0 Å². The smallest absolute Gasteiger partial charge is 0.309 e. The maximum Gasteiger partial charge on any atom is 0.309 e. The van der Waals surface area contributed by atoms with Gasteiger partial charge in [-0.3, -0.25) is 4.79 Å². The minimum atomic E-state index is -0.711. The zero-order valence-corrected chi connectivity index (χ0v) is 25.2. The number of carbonyl (C=O) groups is 1. The number of ether oxygens (including phenoxy) is 1. The standard InChI is InChI=1S/C37H44N2O3/c1-4-28-13-15-29(16-14-28)10-7-8-25-42-34-22-19-31-18-21-32(39-35(31)27-34)20-17-30-11-9-12-33(26-30)38-24-23-37(5-2,6-3)36(40)41/h9,11-22,26-27,38H,4-8,10,23-25H2,1-3H3,(H,40,41). The second kappa shape index (κ2) is 15.2. The van der Waals surface area contributed by atoms with Gasteiger partial charge < -0.3 is 15.2 Å². The third kappa shape index (κ3) is 8.45. The number of nitrogens with zero attached hydrogens (tertiary/aromatic N) is 1. The predicted molar refractivity (Wildman–Crippen MR) is 175 cm³/mol. The van der Waals surface area contributed by atoms with E-state index in [9.17, 15) is 9.90 Å². The van der Waals surface area contributed by atoms with Gasteiger partial charge in [0.05, 0.1) is 23.2 Å². The van der Waals surface area contributed by atoms with Crippen molar-refractivity contribution < 1.29 is 14.6 Å². The highest BCUT2D eigenvalue weighted by Gasteiger charge is 2.34. The summed E-state index contributed by atoms with van der Waals surface area (Å²) in [6.07, 6.45) is 10.2. The molecule has 0 aliphatic rings. The maximum absolute atomic E-state index is 11.8. The fourth-order valence-corrected chi connectivity index (χ4v) is 5.25. The number of aliphatic carboxylic acids is 1. The zero-order chi connectivity index (χ0) is 29.8. The van der Waals surface area contributed by atoms with E-state index in [4.69, 9.17) is 9.72 Å². The Hall–Kier alpha value is -4.12. The second-order valence-electron chi connectivity index (χ2n) is 11.0. The number of hydrogen-bond acceptors (Lipinski definition) is 4. The lowest BCUT2D eigenvalue weighted by Gasteiger charge is -2.26. The van der Waals surface area contributed by atoms with Gasteiger partial charge in [0.15, 0.2) is 0 Å². The van der Waals surface area contributed by atoms with Gasteiger partial charge in [-0.25, -0.2) is 4.98 Å². The van der Waals surface area contributed by atoms with Crippen molar-refractivity contribution in [3.05, 3.63) is 101 Å². The van der Waals surface area contributed by atoms with Crippen LogP contribution in [0.4, 0.5) is 5.69 Å². The number of anilines is 1. The molecule has 0 radical (unpaired) electrons. The lowest BCUT2D eigenvalue weighted by Crippen LogP contribution is -2.31. The summed E-state index contributed by atoms with van der Waals surface area (Å²) >= 11 is 0. The van der Waals surface area contributed by atoms with Gasteiger partial charge in [-0.1, -0.05) is 69.3 Å². The first-order chi connectivity index (χ1) is 20.4. The molecular weight excluding hydrogens is 520 g/mol. The molecule has 0 amide bonds. The molecule has 4 aromatic rings.